The Morgan fingerprint density at radius 1 is 1.11 bits per heavy atom. The van der Waals surface area contributed by atoms with Crippen molar-refractivity contribution in [2.45, 2.75) is 61.0 Å². The van der Waals surface area contributed by atoms with E-state index in [0.717, 1.165) is 66.3 Å². The molecule has 0 spiro atoms. The molecule has 7 rings (SSSR count). The first-order chi connectivity index (χ1) is 22.0. The van der Waals surface area contributed by atoms with Gasteiger partial charge >= 0.3 is 159 Å². The molecule has 3 aromatic heterocycles. The molecule has 10 nitrogen and oxygen atoms in total. The van der Waals surface area contributed by atoms with Gasteiger partial charge < -0.3 is 15.8 Å². The number of halogens is 4. The Bertz CT molecular complexity index is 1630. The van der Waals surface area contributed by atoms with Crippen LogP contribution in [0.5, 0.6) is 6.01 Å². The average molecular weight is 710 g/mol. The zero-order valence-corrected chi connectivity index (χ0v) is 27.6. The number of nitrogens with two attached hydrogens (primary N) is 1. The minimum absolute atomic E-state index is 0.00787. The number of piperazine rings is 1. The minimum atomic E-state index is -4.81. The molecular formula is C31H38F4N8O2Se. The van der Waals surface area contributed by atoms with Crippen molar-refractivity contribution in [1.29, 1.82) is 0 Å². The zero-order valence-electron chi connectivity index (χ0n) is 25.9. The summed E-state index contributed by atoms with van der Waals surface area (Å²) < 4.78 is 71.0. The topological polar surface area (TPSA) is 115 Å². The number of methoxy groups -OCH3 is 1. The van der Waals surface area contributed by atoms with Crippen LogP contribution in [0.1, 0.15) is 36.8 Å². The first-order valence-corrected chi connectivity index (χ1v) is 18.1. The molecule has 248 valence electrons. The predicted octanol–water partition coefficient (Wildman–Crippen LogP) is 4.11. The third-order valence-electron chi connectivity index (χ3n) is 9.65. The molecule has 15 heteroatoms. The van der Waals surface area contributed by atoms with Crippen LogP contribution in [0.4, 0.5) is 29.2 Å². The first kappa shape index (κ1) is 31.7. The van der Waals surface area contributed by atoms with Crippen molar-refractivity contribution in [2.75, 3.05) is 63.7 Å². The van der Waals surface area contributed by atoms with Crippen molar-refractivity contribution in [3.8, 4) is 17.4 Å². The number of nitrogens with one attached hydrogen (secondary N) is 1. The summed E-state index contributed by atoms with van der Waals surface area (Å²) in [5.41, 5.74) is 2.84. The fraction of sp³-hybridized carbons (Fsp3) is 0.613. The Morgan fingerprint density at radius 3 is 2.61 bits per heavy atom. The van der Waals surface area contributed by atoms with E-state index in [0.29, 0.717) is 32.1 Å². The molecule has 2 bridgehead atoms. The van der Waals surface area contributed by atoms with Gasteiger partial charge in [-0.1, -0.05) is 0 Å². The van der Waals surface area contributed by atoms with Crippen LogP contribution >= 0.6 is 0 Å². The van der Waals surface area contributed by atoms with Crippen molar-refractivity contribution in [3.05, 3.63) is 29.2 Å². The van der Waals surface area contributed by atoms with Gasteiger partial charge in [-0.05, 0) is 31.4 Å². The van der Waals surface area contributed by atoms with Gasteiger partial charge in [0.2, 0.25) is 0 Å². The number of pyridine rings is 2. The second-order valence-electron chi connectivity index (χ2n) is 13.2. The van der Waals surface area contributed by atoms with E-state index in [1.165, 1.54) is 23.8 Å². The van der Waals surface area contributed by atoms with Gasteiger partial charge in [-0.2, -0.15) is 13.2 Å². The number of rotatable bonds is 9. The van der Waals surface area contributed by atoms with Gasteiger partial charge in [-0.15, -0.1) is 0 Å². The molecule has 46 heavy (non-hydrogen) atoms. The average Bonchev–Trinajstić information content (AvgIpc) is 3.70. The summed E-state index contributed by atoms with van der Waals surface area (Å²) in [5.74, 6) is -0.767. The van der Waals surface area contributed by atoms with Gasteiger partial charge in [0.15, 0.2) is 0 Å². The fourth-order valence-corrected chi connectivity index (χ4v) is 9.33. The number of anilines is 2. The van der Waals surface area contributed by atoms with Crippen molar-refractivity contribution in [3.63, 3.8) is 0 Å². The van der Waals surface area contributed by atoms with Crippen molar-refractivity contribution < 1.29 is 27.0 Å². The van der Waals surface area contributed by atoms with E-state index in [-0.39, 0.29) is 45.3 Å². The molecular weight excluding hydrogens is 671 g/mol. The molecule has 3 aliphatic heterocycles. The van der Waals surface area contributed by atoms with E-state index in [1.54, 1.807) is 7.11 Å². The summed E-state index contributed by atoms with van der Waals surface area (Å²) in [4.78, 5) is 22.0. The van der Waals surface area contributed by atoms with Crippen LogP contribution < -0.4 is 20.7 Å². The fourth-order valence-electron chi connectivity index (χ4n) is 7.28. The molecule has 1 aliphatic carbocycles. The van der Waals surface area contributed by atoms with Gasteiger partial charge in [0, 0.05) is 13.2 Å². The second kappa shape index (κ2) is 12.0. The zero-order chi connectivity index (χ0) is 32.3. The molecule has 1 saturated carbocycles. The Balaban J connectivity index is 1.30. The summed E-state index contributed by atoms with van der Waals surface area (Å²) in [6.45, 7) is 6.42. The number of aromatic nitrogens is 4. The maximum absolute atomic E-state index is 16.6. The van der Waals surface area contributed by atoms with E-state index in [1.807, 2.05) is 0 Å². The molecule has 4 fully saturated rings. The van der Waals surface area contributed by atoms with Gasteiger partial charge in [-0.25, -0.2) is 4.98 Å². The van der Waals surface area contributed by atoms with Crippen molar-refractivity contribution >= 4 is 37.5 Å². The van der Waals surface area contributed by atoms with E-state index in [9.17, 15) is 13.2 Å². The van der Waals surface area contributed by atoms with Crippen molar-refractivity contribution in [1.82, 2.24) is 30.2 Å². The number of ether oxygens (including phenoxy) is 2. The number of alkyl halides is 3. The smallest absolute Gasteiger partial charge is 0.303 e. The second-order valence-corrected chi connectivity index (χ2v) is 15.8. The monoisotopic (exact) mass is 710 g/mol. The first-order valence-electron chi connectivity index (χ1n) is 15.6. The number of hydrogen-bond acceptors (Lipinski definition) is 10. The number of aryl methyl sites for hydroxylation is 1. The normalized spacial score (nSPS) is 24.5. The summed E-state index contributed by atoms with van der Waals surface area (Å²) in [6, 6.07) is 1.28. The van der Waals surface area contributed by atoms with Crippen LogP contribution in [0.2, 0.25) is 10.6 Å². The van der Waals surface area contributed by atoms with Crippen molar-refractivity contribution in [2.24, 2.45) is 5.41 Å². The van der Waals surface area contributed by atoms with Crippen LogP contribution in [0.3, 0.4) is 0 Å². The van der Waals surface area contributed by atoms with Gasteiger partial charge in [0.05, 0.1) is 17.7 Å². The molecule has 6 heterocycles. The predicted molar refractivity (Wildman–Crippen MR) is 167 cm³/mol. The Morgan fingerprint density at radius 2 is 1.89 bits per heavy atom. The molecule has 4 aliphatic rings. The number of nitrogens with zero attached hydrogens (tertiary/aromatic N) is 6. The standard InChI is InChI=1S/C31H38F4N8O2Se/c1-18-11-21(36)38-25(22(18)31(33,34)35)26-23(32)24-20(12-37-26)27(43-13-19-3-4-30(15-43,41-19)17-44-2)40-28(39-24)45-16-29(5-6-29)14-42-7-9-46-10-8-42/h11-12,19,41H,3-10,13-17H2,1-2H3,(H2,36,38). The molecule has 3 saturated heterocycles. The molecule has 0 amide bonds. The number of fused-ring (bicyclic) bond motifs is 3. The summed E-state index contributed by atoms with van der Waals surface area (Å²) in [6.07, 6.45) is 0.433. The van der Waals surface area contributed by atoms with Gasteiger partial charge in [0.1, 0.15) is 11.5 Å². The quantitative estimate of drug-likeness (QED) is 0.249. The molecule has 0 radical (unpaired) electrons. The number of hydrogen-bond donors (Lipinski definition) is 2. The van der Waals surface area contributed by atoms with Crippen LogP contribution in [0.15, 0.2) is 12.3 Å². The van der Waals surface area contributed by atoms with E-state index in [2.05, 4.69) is 30.1 Å². The Labute approximate surface area is 271 Å². The summed E-state index contributed by atoms with van der Waals surface area (Å²) >= 11 is 0.725. The maximum atomic E-state index is 16.6. The molecule has 3 aromatic rings. The van der Waals surface area contributed by atoms with Crippen LogP contribution in [-0.4, -0.2) is 104 Å². The Kier molecular flexibility index (Phi) is 8.28. The van der Waals surface area contributed by atoms with E-state index < -0.39 is 28.9 Å². The Hall–Kier alpha value is -2.84. The summed E-state index contributed by atoms with van der Waals surface area (Å²) in [7, 11) is 1.66. The van der Waals surface area contributed by atoms with Crippen LogP contribution in [-0.2, 0) is 10.9 Å². The number of nitrogen functional groups attached to an aromatic ring is 1. The van der Waals surface area contributed by atoms with Gasteiger partial charge in [0.25, 0.3) is 0 Å². The molecule has 2 atom stereocenters. The van der Waals surface area contributed by atoms with Gasteiger partial charge in [-0.3, -0.25) is 4.98 Å². The third-order valence-corrected chi connectivity index (χ3v) is 11.6. The molecule has 0 aromatic carbocycles. The third kappa shape index (κ3) is 6.12. The van der Waals surface area contributed by atoms with E-state index >= 15 is 4.39 Å². The molecule has 2 unspecified atom stereocenters. The summed E-state index contributed by atoms with van der Waals surface area (Å²) in [5, 5.41) is 6.46. The minimum Gasteiger partial charge on any atom is -0.303 e. The van der Waals surface area contributed by atoms with Crippen LogP contribution in [0, 0.1) is 18.2 Å². The van der Waals surface area contributed by atoms with Crippen LogP contribution in [0.25, 0.3) is 22.3 Å². The van der Waals surface area contributed by atoms with E-state index in [4.69, 9.17) is 20.2 Å². The SMILES string of the molecule is COCC12CCC(CN(c3nc(OCC4(CN5CC[Se]CC5)CC4)nc4c(F)c(-c5nc(N)cc(C)c5C(F)(F)F)ncc34)C1)N2. The molecule has 3 N–H and O–H groups in total.